The van der Waals surface area contributed by atoms with Crippen LogP contribution in [0.3, 0.4) is 0 Å². The molecule has 1 aliphatic heterocycles. The maximum absolute atomic E-state index is 12.7. The number of nitrogens with zero attached hydrogens (tertiary/aromatic N) is 2. The molecule has 1 saturated heterocycles. The number of oxime groups is 1. The molecule has 0 N–H and O–H groups in total. The topological polar surface area (TPSA) is 77.4 Å². The summed E-state index contributed by atoms with van der Waals surface area (Å²) in [6, 6.07) is 13.3. The van der Waals surface area contributed by atoms with E-state index in [-0.39, 0.29) is 13.0 Å². The summed E-state index contributed by atoms with van der Waals surface area (Å²) in [7, 11) is 1.30. The van der Waals surface area contributed by atoms with E-state index >= 15 is 0 Å². The van der Waals surface area contributed by atoms with Gasteiger partial charge in [0.05, 0.1) is 13.7 Å². The van der Waals surface area contributed by atoms with Gasteiger partial charge in [-0.25, -0.2) is 9.59 Å². The van der Waals surface area contributed by atoms with Gasteiger partial charge in [0.2, 0.25) is 0 Å². The fraction of sp³-hybridized carbons (Fsp3) is 0.346. The van der Waals surface area contributed by atoms with Crippen molar-refractivity contribution in [2.24, 2.45) is 5.16 Å². The van der Waals surface area contributed by atoms with Gasteiger partial charge in [-0.15, -0.1) is 0 Å². The molecular formula is C26H28N2O5. The Morgan fingerprint density at radius 1 is 1.09 bits per heavy atom. The van der Waals surface area contributed by atoms with Crippen molar-refractivity contribution in [1.29, 1.82) is 0 Å². The van der Waals surface area contributed by atoms with Gasteiger partial charge in [0.15, 0.2) is 0 Å². The highest BCUT2D eigenvalue weighted by Crippen LogP contribution is 2.38. The number of hydrogen-bond acceptors (Lipinski definition) is 6. The molecule has 2 aliphatic rings. The number of hydrogen-bond donors (Lipinski definition) is 0. The van der Waals surface area contributed by atoms with E-state index in [0.29, 0.717) is 0 Å². The summed E-state index contributed by atoms with van der Waals surface area (Å²) in [4.78, 5) is 32.3. The summed E-state index contributed by atoms with van der Waals surface area (Å²) in [6.07, 6.45) is 0.999. The second-order valence-corrected chi connectivity index (χ2v) is 9.13. The molecule has 2 atom stereocenters. The number of carbonyl (C=O) groups is 2. The lowest BCUT2D eigenvalue weighted by Gasteiger charge is -2.27. The lowest BCUT2D eigenvalue weighted by molar-refractivity contribution is -0.145. The average Bonchev–Trinajstić information content (AvgIpc) is 3.35. The Labute approximate surface area is 193 Å². The fourth-order valence-electron chi connectivity index (χ4n) is 4.17. The number of methoxy groups -OCH3 is 1. The van der Waals surface area contributed by atoms with Crippen molar-refractivity contribution in [1.82, 2.24) is 4.90 Å². The first-order valence-electron chi connectivity index (χ1n) is 10.9. The minimum atomic E-state index is -0.787. The molecule has 0 bridgehead atoms. The number of benzene rings is 2. The molecule has 1 heterocycles. The van der Waals surface area contributed by atoms with Gasteiger partial charge in [-0.3, -0.25) is 4.90 Å². The van der Waals surface area contributed by atoms with Gasteiger partial charge >= 0.3 is 12.1 Å². The molecule has 4 rings (SSSR count). The molecule has 2 aromatic rings. The van der Waals surface area contributed by atoms with E-state index in [9.17, 15) is 9.59 Å². The number of amides is 1. The summed E-state index contributed by atoms with van der Waals surface area (Å²) >= 11 is 0. The summed E-state index contributed by atoms with van der Waals surface area (Å²) in [5.41, 5.74) is 5.11. The second-order valence-electron chi connectivity index (χ2n) is 9.13. The second kappa shape index (κ2) is 8.73. The Bertz CT molecular complexity index is 1130. The van der Waals surface area contributed by atoms with E-state index in [1.54, 1.807) is 26.8 Å². The van der Waals surface area contributed by atoms with Gasteiger partial charge in [-0.05, 0) is 43.5 Å². The third kappa shape index (κ3) is 4.49. The third-order valence-electron chi connectivity index (χ3n) is 5.66. The number of fused-ring (bicyclic) bond motifs is 3. The predicted octanol–water partition coefficient (Wildman–Crippen LogP) is 4.63. The first-order valence-corrected chi connectivity index (χ1v) is 10.9. The van der Waals surface area contributed by atoms with Gasteiger partial charge in [0.25, 0.3) is 0 Å². The Balaban J connectivity index is 1.60. The minimum absolute atomic E-state index is 0.173. The van der Waals surface area contributed by atoms with E-state index in [0.717, 1.165) is 33.5 Å². The average molecular weight is 449 g/mol. The Morgan fingerprint density at radius 2 is 1.79 bits per heavy atom. The highest BCUT2D eigenvalue weighted by atomic mass is 16.6. The Morgan fingerprint density at radius 3 is 2.45 bits per heavy atom. The van der Waals surface area contributed by atoms with Gasteiger partial charge in [0.1, 0.15) is 23.5 Å². The standard InChI is InChI=1S/C26H28N2O5/c1-6-16-11-12-19-18-9-7-8-10-20(18)23(21(19)13-16)27-33-17-14-22(24(29)31-5)28(15-17)25(30)32-26(2,3)4/h6-13,17,22H,1,14-15H2,2-5H3/t17-,22+/m1/s1. The highest BCUT2D eigenvalue weighted by Gasteiger charge is 2.43. The van der Waals surface area contributed by atoms with Crippen molar-refractivity contribution < 1.29 is 23.9 Å². The molecule has 33 heavy (non-hydrogen) atoms. The van der Waals surface area contributed by atoms with Crippen LogP contribution in [0.5, 0.6) is 0 Å². The first kappa shape index (κ1) is 22.6. The zero-order chi connectivity index (χ0) is 23.8. The third-order valence-corrected chi connectivity index (χ3v) is 5.66. The van der Waals surface area contributed by atoms with Crippen LogP contribution in [0.15, 0.2) is 54.2 Å². The summed E-state index contributed by atoms with van der Waals surface area (Å²) < 4.78 is 10.4. The monoisotopic (exact) mass is 448 g/mol. The van der Waals surface area contributed by atoms with Crippen LogP contribution in [-0.2, 0) is 19.1 Å². The van der Waals surface area contributed by atoms with Crippen LogP contribution >= 0.6 is 0 Å². The Hall–Kier alpha value is -3.61. The molecule has 7 heteroatoms. The summed E-state index contributed by atoms with van der Waals surface area (Å²) in [6.45, 7) is 9.37. The number of carbonyl (C=O) groups excluding carboxylic acids is 2. The molecule has 0 unspecified atom stereocenters. The van der Waals surface area contributed by atoms with E-state index in [4.69, 9.17) is 14.3 Å². The van der Waals surface area contributed by atoms with Gasteiger partial charge < -0.3 is 14.3 Å². The summed E-state index contributed by atoms with van der Waals surface area (Å²) in [5.74, 6) is -0.508. The molecule has 0 spiro atoms. The van der Waals surface area contributed by atoms with Crippen molar-refractivity contribution >= 4 is 23.9 Å². The molecule has 1 amide bonds. The summed E-state index contributed by atoms with van der Waals surface area (Å²) in [5, 5.41) is 4.50. The maximum Gasteiger partial charge on any atom is 0.411 e. The van der Waals surface area contributed by atoms with Crippen LogP contribution in [0.2, 0.25) is 0 Å². The lowest BCUT2D eigenvalue weighted by atomic mass is 10.0. The molecule has 7 nitrogen and oxygen atoms in total. The smallest absolute Gasteiger partial charge is 0.411 e. The molecule has 0 radical (unpaired) electrons. The normalized spacial score (nSPS) is 20.2. The van der Waals surface area contributed by atoms with Crippen LogP contribution in [0.1, 0.15) is 43.9 Å². The van der Waals surface area contributed by atoms with Crippen LogP contribution in [0.4, 0.5) is 4.79 Å². The molecule has 0 aromatic heterocycles. The predicted molar refractivity (Wildman–Crippen MR) is 126 cm³/mol. The van der Waals surface area contributed by atoms with E-state index in [1.165, 1.54) is 12.0 Å². The van der Waals surface area contributed by atoms with Gasteiger partial charge in [-0.1, -0.05) is 54.2 Å². The number of likely N-dealkylation sites (tertiary alicyclic amines) is 1. The SMILES string of the molecule is C=Cc1ccc2c(c1)C(=NO[C@@H]1C[C@@H](C(=O)OC)N(C(=O)OC(C)(C)C)C1)c1ccccc1-2. The van der Waals surface area contributed by atoms with Crippen LogP contribution in [0.25, 0.3) is 17.2 Å². The van der Waals surface area contributed by atoms with E-state index in [2.05, 4.69) is 23.9 Å². The molecule has 1 aliphatic carbocycles. The van der Waals surface area contributed by atoms with Gasteiger partial charge in [-0.2, -0.15) is 0 Å². The van der Waals surface area contributed by atoms with Crippen LogP contribution in [-0.4, -0.2) is 54.1 Å². The molecular weight excluding hydrogens is 420 g/mol. The van der Waals surface area contributed by atoms with Crippen molar-refractivity contribution in [3.63, 3.8) is 0 Å². The molecule has 172 valence electrons. The zero-order valence-electron chi connectivity index (χ0n) is 19.3. The van der Waals surface area contributed by atoms with Crippen LogP contribution < -0.4 is 0 Å². The number of rotatable bonds is 4. The number of esters is 1. The van der Waals surface area contributed by atoms with Crippen molar-refractivity contribution in [3.8, 4) is 11.1 Å². The van der Waals surface area contributed by atoms with Crippen LogP contribution in [0, 0.1) is 0 Å². The quantitative estimate of drug-likeness (QED) is 0.430. The molecule has 1 fully saturated rings. The fourth-order valence-corrected chi connectivity index (χ4v) is 4.17. The Kier molecular flexibility index (Phi) is 5.97. The van der Waals surface area contributed by atoms with Crippen molar-refractivity contribution in [2.45, 2.75) is 44.9 Å². The highest BCUT2D eigenvalue weighted by molar-refractivity contribution is 6.24. The molecule has 0 saturated carbocycles. The van der Waals surface area contributed by atoms with Crippen molar-refractivity contribution in [3.05, 3.63) is 65.7 Å². The van der Waals surface area contributed by atoms with Crippen molar-refractivity contribution in [2.75, 3.05) is 13.7 Å². The molecule has 2 aromatic carbocycles. The van der Waals surface area contributed by atoms with E-state index in [1.807, 2.05) is 30.3 Å². The first-order chi connectivity index (χ1) is 15.7. The maximum atomic E-state index is 12.7. The van der Waals surface area contributed by atoms with E-state index < -0.39 is 29.8 Å². The van der Waals surface area contributed by atoms with Gasteiger partial charge in [0, 0.05) is 17.5 Å². The minimum Gasteiger partial charge on any atom is -0.467 e. The number of ether oxygens (including phenoxy) is 2. The largest absolute Gasteiger partial charge is 0.467 e. The zero-order valence-corrected chi connectivity index (χ0v) is 19.3. The lowest BCUT2D eigenvalue weighted by Crippen LogP contribution is -2.44.